The molecule has 0 N–H and O–H groups in total. The predicted molar refractivity (Wildman–Crippen MR) is 91.9 cm³/mol. The Morgan fingerprint density at radius 1 is 1.17 bits per heavy atom. The number of aryl methyl sites for hydroxylation is 1. The van der Waals surface area contributed by atoms with Crippen molar-refractivity contribution in [2.75, 3.05) is 27.3 Å². The van der Waals surface area contributed by atoms with Gasteiger partial charge in [0.15, 0.2) is 0 Å². The van der Waals surface area contributed by atoms with Crippen molar-refractivity contribution in [3.63, 3.8) is 0 Å². The van der Waals surface area contributed by atoms with Crippen LogP contribution in [0.15, 0.2) is 24.3 Å². The van der Waals surface area contributed by atoms with Gasteiger partial charge in [0.2, 0.25) is 5.91 Å². The number of piperidine rings is 1. The average molecular weight is 333 g/mol. The van der Waals surface area contributed by atoms with Crippen LogP contribution in [0.3, 0.4) is 0 Å². The molecule has 24 heavy (non-hydrogen) atoms. The molecule has 0 radical (unpaired) electrons. The van der Waals surface area contributed by atoms with Gasteiger partial charge < -0.3 is 14.4 Å². The minimum absolute atomic E-state index is 0.0644. The quantitative estimate of drug-likeness (QED) is 0.720. The molecular formula is C19H27NO4. The maximum absolute atomic E-state index is 12.2. The second-order valence-electron chi connectivity index (χ2n) is 6.31. The highest BCUT2D eigenvalue weighted by atomic mass is 16.5. The number of esters is 1. The topological polar surface area (TPSA) is 55.8 Å². The van der Waals surface area contributed by atoms with E-state index in [9.17, 15) is 9.59 Å². The second kappa shape index (κ2) is 9.30. The number of methoxy groups -OCH3 is 2. The maximum Gasteiger partial charge on any atom is 0.306 e. The molecule has 2 rings (SSSR count). The Morgan fingerprint density at radius 2 is 1.92 bits per heavy atom. The summed E-state index contributed by atoms with van der Waals surface area (Å²) < 4.78 is 9.77. The SMILES string of the molecule is COC(=O)CCC(=O)N1CCCC(CCc2ccc(OC)cc2)C1. The largest absolute Gasteiger partial charge is 0.497 e. The molecule has 1 saturated heterocycles. The molecule has 1 aromatic carbocycles. The Balaban J connectivity index is 1.77. The lowest BCUT2D eigenvalue weighted by Gasteiger charge is -2.33. The first-order chi connectivity index (χ1) is 11.6. The molecule has 1 unspecified atom stereocenters. The monoisotopic (exact) mass is 333 g/mol. The molecular weight excluding hydrogens is 306 g/mol. The van der Waals surface area contributed by atoms with Gasteiger partial charge in [-0.1, -0.05) is 12.1 Å². The van der Waals surface area contributed by atoms with E-state index in [1.165, 1.54) is 12.7 Å². The highest BCUT2D eigenvalue weighted by Crippen LogP contribution is 2.23. The zero-order valence-corrected chi connectivity index (χ0v) is 14.6. The van der Waals surface area contributed by atoms with Crippen LogP contribution in [0.2, 0.25) is 0 Å². The third-order valence-corrected chi connectivity index (χ3v) is 4.64. The van der Waals surface area contributed by atoms with Crippen LogP contribution >= 0.6 is 0 Å². The van der Waals surface area contributed by atoms with Gasteiger partial charge in [-0.2, -0.15) is 0 Å². The molecule has 1 amide bonds. The number of carbonyl (C=O) groups is 2. The van der Waals surface area contributed by atoms with Crippen LogP contribution in [-0.4, -0.2) is 44.1 Å². The number of hydrogen-bond donors (Lipinski definition) is 0. The van der Waals surface area contributed by atoms with Gasteiger partial charge in [0.1, 0.15) is 5.75 Å². The van der Waals surface area contributed by atoms with Gasteiger partial charge in [-0.05, 0) is 49.3 Å². The normalized spacial score (nSPS) is 17.4. The summed E-state index contributed by atoms with van der Waals surface area (Å²) in [6.45, 7) is 1.61. The molecule has 5 nitrogen and oxygen atoms in total. The molecule has 0 aromatic heterocycles. The van der Waals surface area contributed by atoms with Crippen LogP contribution in [0.5, 0.6) is 5.75 Å². The number of hydrogen-bond acceptors (Lipinski definition) is 4. The molecule has 1 aliphatic rings. The van der Waals surface area contributed by atoms with Gasteiger partial charge in [0, 0.05) is 19.5 Å². The third kappa shape index (κ3) is 5.55. The molecule has 1 aromatic rings. The van der Waals surface area contributed by atoms with E-state index in [1.54, 1.807) is 7.11 Å². The fraction of sp³-hybridized carbons (Fsp3) is 0.579. The van der Waals surface area contributed by atoms with Crippen LogP contribution in [-0.2, 0) is 20.7 Å². The average Bonchev–Trinajstić information content (AvgIpc) is 2.64. The van der Waals surface area contributed by atoms with E-state index in [1.807, 2.05) is 17.0 Å². The summed E-state index contributed by atoms with van der Waals surface area (Å²) in [7, 11) is 3.02. The highest BCUT2D eigenvalue weighted by molar-refractivity contribution is 5.81. The smallest absolute Gasteiger partial charge is 0.306 e. The Kier molecular flexibility index (Phi) is 7.09. The first-order valence-corrected chi connectivity index (χ1v) is 8.60. The molecule has 0 spiro atoms. The Hall–Kier alpha value is -2.04. The fourth-order valence-corrected chi connectivity index (χ4v) is 3.16. The number of rotatable bonds is 7. The van der Waals surface area contributed by atoms with Crippen LogP contribution < -0.4 is 4.74 Å². The minimum Gasteiger partial charge on any atom is -0.497 e. The first-order valence-electron chi connectivity index (χ1n) is 8.60. The van der Waals surface area contributed by atoms with E-state index >= 15 is 0 Å². The Morgan fingerprint density at radius 3 is 2.58 bits per heavy atom. The van der Waals surface area contributed by atoms with Crippen molar-refractivity contribution in [1.29, 1.82) is 0 Å². The first kappa shape index (κ1) is 18.3. The number of benzene rings is 1. The summed E-state index contributed by atoms with van der Waals surface area (Å²) in [6.07, 6.45) is 4.71. The molecule has 1 aliphatic heterocycles. The molecule has 0 saturated carbocycles. The van der Waals surface area contributed by atoms with E-state index in [2.05, 4.69) is 16.9 Å². The summed E-state index contributed by atoms with van der Waals surface area (Å²) in [5.41, 5.74) is 1.30. The van der Waals surface area contributed by atoms with Crippen molar-refractivity contribution in [3.8, 4) is 5.75 Å². The molecule has 1 heterocycles. The molecule has 0 bridgehead atoms. The van der Waals surface area contributed by atoms with Gasteiger partial charge in [-0.3, -0.25) is 9.59 Å². The maximum atomic E-state index is 12.2. The standard InChI is InChI=1S/C19H27NO4/c1-23-17-9-7-15(8-10-17)5-6-16-4-3-13-20(14-16)18(21)11-12-19(22)24-2/h7-10,16H,3-6,11-14H2,1-2H3. The number of nitrogens with zero attached hydrogens (tertiary/aromatic N) is 1. The number of amides is 1. The van der Waals surface area contributed by atoms with Crippen molar-refractivity contribution >= 4 is 11.9 Å². The van der Waals surface area contributed by atoms with E-state index in [-0.39, 0.29) is 24.7 Å². The van der Waals surface area contributed by atoms with Gasteiger partial charge in [0.25, 0.3) is 0 Å². The van der Waals surface area contributed by atoms with Crippen molar-refractivity contribution in [2.45, 2.75) is 38.5 Å². The van der Waals surface area contributed by atoms with Crippen molar-refractivity contribution in [3.05, 3.63) is 29.8 Å². The van der Waals surface area contributed by atoms with Crippen molar-refractivity contribution in [1.82, 2.24) is 4.90 Å². The third-order valence-electron chi connectivity index (χ3n) is 4.64. The van der Waals surface area contributed by atoms with E-state index in [4.69, 9.17) is 4.74 Å². The predicted octanol–water partition coefficient (Wildman–Crippen LogP) is 2.82. The molecule has 1 fully saturated rings. The van der Waals surface area contributed by atoms with Crippen molar-refractivity contribution in [2.24, 2.45) is 5.92 Å². The van der Waals surface area contributed by atoms with Gasteiger partial charge in [-0.25, -0.2) is 0 Å². The van der Waals surface area contributed by atoms with E-state index < -0.39 is 0 Å². The minimum atomic E-state index is -0.323. The number of ether oxygens (including phenoxy) is 2. The molecule has 0 aliphatic carbocycles. The molecule has 5 heteroatoms. The summed E-state index contributed by atoms with van der Waals surface area (Å²) in [6, 6.07) is 8.17. The lowest BCUT2D eigenvalue weighted by Crippen LogP contribution is -2.40. The van der Waals surface area contributed by atoms with Crippen LogP contribution in [0.25, 0.3) is 0 Å². The van der Waals surface area contributed by atoms with Gasteiger partial charge >= 0.3 is 5.97 Å². The van der Waals surface area contributed by atoms with Gasteiger partial charge in [-0.15, -0.1) is 0 Å². The van der Waals surface area contributed by atoms with Crippen LogP contribution in [0.4, 0.5) is 0 Å². The summed E-state index contributed by atoms with van der Waals surface area (Å²) in [5.74, 6) is 1.15. The Bertz CT molecular complexity index is 541. The summed E-state index contributed by atoms with van der Waals surface area (Å²) in [5, 5.41) is 0. The number of likely N-dealkylation sites (tertiary alicyclic amines) is 1. The Labute approximate surface area is 143 Å². The van der Waals surface area contributed by atoms with Gasteiger partial charge in [0.05, 0.1) is 20.6 Å². The fourth-order valence-electron chi connectivity index (χ4n) is 3.16. The molecule has 132 valence electrons. The lowest BCUT2D eigenvalue weighted by atomic mass is 9.91. The summed E-state index contributed by atoms with van der Waals surface area (Å²) in [4.78, 5) is 25.3. The number of carbonyl (C=O) groups excluding carboxylic acids is 2. The van der Waals surface area contributed by atoms with E-state index in [0.717, 1.165) is 44.5 Å². The lowest BCUT2D eigenvalue weighted by molar-refractivity contribution is -0.144. The van der Waals surface area contributed by atoms with Crippen LogP contribution in [0.1, 0.15) is 37.7 Å². The van der Waals surface area contributed by atoms with E-state index in [0.29, 0.717) is 5.92 Å². The summed E-state index contributed by atoms with van der Waals surface area (Å²) >= 11 is 0. The second-order valence-corrected chi connectivity index (χ2v) is 6.31. The van der Waals surface area contributed by atoms with Crippen molar-refractivity contribution < 1.29 is 19.1 Å². The van der Waals surface area contributed by atoms with Crippen LogP contribution in [0, 0.1) is 5.92 Å². The molecule has 1 atom stereocenters. The zero-order valence-electron chi connectivity index (χ0n) is 14.6. The highest BCUT2D eigenvalue weighted by Gasteiger charge is 2.23. The zero-order chi connectivity index (χ0) is 17.4.